The molecule has 27 heavy (non-hydrogen) atoms. The van der Waals surface area contributed by atoms with Crippen molar-refractivity contribution in [1.29, 1.82) is 0 Å². The number of hydrogen-bond donors (Lipinski definition) is 2. The largest absolute Gasteiger partial charge is 0.405 e. The third kappa shape index (κ3) is 5.10. The highest BCUT2D eigenvalue weighted by Gasteiger charge is 2.27. The van der Waals surface area contributed by atoms with Crippen LogP contribution in [-0.4, -0.2) is 28.5 Å². The summed E-state index contributed by atoms with van der Waals surface area (Å²) >= 11 is 0. The van der Waals surface area contributed by atoms with Crippen molar-refractivity contribution < 1.29 is 18.0 Å². The van der Waals surface area contributed by atoms with Gasteiger partial charge in [0.15, 0.2) is 0 Å². The highest BCUT2D eigenvalue weighted by atomic mass is 19.4. The number of urea groups is 1. The Balaban J connectivity index is 1.81. The zero-order valence-electron chi connectivity index (χ0n) is 14.2. The van der Waals surface area contributed by atoms with Gasteiger partial charge in [-0.05, 0) is 12.1 Å². The molecule has 140 valence electrons. The molecule has 3 rings (SSSR count). The highest BCUT2D eigenvalue weighted by molar-refractivity contribution is 5.74. The second-order valence-corrected chi connectivity index (χ2v) is 5.80. The summed E-state index contributed by atoms with van der Waals surface area (Å²) in [5.74, 6) is 0. The molecule has 1 heterocycles. The minimum Gasteiger partial charge on any atom is -0.334 e. The van der Waals surface area contributed by atoms with Crippen LogP contribution in [0.5, 0.6) is 0 Å². The maximum absolute atomic E-state index is 12.2. The van der Waals surface area contributed by atoms with E-state index < -0.39 is 18.8 Å². The molecule has 0 saturated carbocycles. The van der Waals surface area contributed by atoms with Crippen LogP contribution >= 0.6 is 0 Å². The quantitative estimate of drug-likeness (QED) is 0.712. The first-order valence-corrected chi connectivity index (χ1v) is 8.20. The fourth-order valence-electron chi connectivity index (χ4n) is 2.51. The molecule has 2 aromatic carbocycles. The number of aromatic nitrogens is 2. The lowest BCUT2D eigenvalue weighted by molar-refractivity contribution is -0.122. The maximum atomic E-state index is 12.2. The second-order valence-electron chi connectivity index (χ2n) is 5.80. The monoisotopic (exact) mass is 374 g/mol. The van der Waals surface area contributed by atoms with Crippen molar-refractivity contribution >= 4 is 6.03 Å². The topological polar surface area (TPSA) is 59.0 Å². The van der Waals surface area contributed by atoms with Gasteiger partial charge in [0, 0.05) is 23.9 Å². The van der Waals surface area contributed by atoms with Crippen molar-refractivity contribution in [2.75, 3.05) is 6.54 Å². The number of carbonyl (C=O) groups excluding carboxylic acids is 1. The summed E-state index contributed by atoms with van der Waals surface area (Å²) in [7, 11) is 0. The number of halogens is 3. The normalized spacial score (nSPS) is 11.2. The van der Waals surface area contributed by atoms with Crippen molar-refractivity contribution in [3.63, 3.8) is 0 Å². The Kier molecular flexibility index (Phi) is 5.44. The van der Waals surface area contributed by atoms with Crippen molar-refractivity contribution in [2.45, 2.75) is 12.7 Å². The SMILES string of the molecule is O=C(NCc1cn(-c2ccccc2)nc1-c1ccccc1)NCC(F)(F)F. The first kappa shape index (κ1) is 18.5. The fourth-order valence-corrected chi connectivity index (χ4v) is 2.51. The van der Waals surface area contributed by atoms with Crippen LogP contribution in [0.25, 0.3) is 16.9 Å². The number of amides is 2. The lowest BCUT2D eigenvalue weighted by Gasteiger charge is -2.09. The van der Waals surface area contributed by atoms with Gasteiger partial charge < -0.3 is 10.6 Å². The van der Waals surface area contributed by atoms with E-state index in [2.05, 4.69) is 10.4 Å². The molecule has 0 saturated heterocycles. The van der Waals surface area contributed by atoms with Crippen molar-refractivity contribution in [3.8, 4) is 16.9 Å². The fraction of sp³-hybridized carbons (Fsp3) is 0.158. The summed E-state index contributed by atoms with van der Waals surface area (Å²) in [5.41, 5.74) is 3.02. The number of nitrogens with zero attached hydrogens (tertiary/aromatic N) is 2. The Labute approximate surface area is 153 Å². The van der Waals surface area contributed by atoms with Crippen LogP contribution in [-0.2, 0) is 6.54 Å². The van der Waals surface area contributed by atoms with E-state index in [4.69, 9.17) is 0 Å². The summed E-state index contributed by atoms with van der Waals surface area (Å²) in [4.78, 5) is 11.6. The van der Waals surface area contributed by atoms with Crippen LogP contribution in [0.2, 0.25) is 0 Å². The molecule has 0 radical (unpaired) electrons. The predicted molar refractivity (Wildman–Crippen MR) is 95.3 cm³/mol. The van der Waals surface area contributed by atoms with Gasteiger partial charge in [-0.2, -0.15) is 18.3 Å². The molecular weight excluding hydrogens is 357 g/mol. The number of benzene rings is 2. The molecule has 5 nitrogen and oxygen atoms in total. The van der Waals surface area contributed by atoms with E-state index in [1.807, 2.05) is 60.7 Å². The van der Waals surface area contributed by atoms with Crippen molar-refractivity contribution in [2.24, 2.45) is 0 Å². The van der Waals surface area contributed by atoms with E-state index in [9.17, 15) is 18.0 Å². The van der Waals surface area contributed by atoms with Crippen LogP contribution in [0.1, 0.15) is 5.56 Å². The molecule has 0 fully saturated rings. The van der Waals surface area contributed by atoms with Gasteiger partial charge in [-0.3, -0.25) is 0 Å². The van der Waals surface area contributed by atoms with E-state index in [-0.39, 0.29) is 6.54 Å². The van der Waals surface area contributed by atoms with Gasteiger partial charge in [-0.15, -0.1) is 0 Å². The molecule has 0 atom stereocenters. The molecule has 0 aliphatic carbocycles. The first-order valence-electron chi connectivity index (χ1n) is 8.20. The van der Waals surface area contributed by atoms with Gasteiger partial charge in [0.25, 0.3) is 0 Å². The Morgan fingerprint density at radius 3 is 2.22 bits per heavy atom. The van der Waals surface area contributed by atoms with Gasteiger partial charge in [-0.25, -0.2) is 9.48 Å². The van der Waals surface area contributed by atoms with Crippen LogP contribution in [0.4, 0.5) is 18.0 Å². The van der Waals surface area contributed by atoms with Gasteiger partial charge >= 0.3 is 12.2 Å². The molecule has 0 spiro atoms. The predicted octanol–water partition coefficient (Wildman–Crippen LogP) is 3.90. The Morgan fingerprint density at radius 2 is 1.59 bits per heavy atom. The average molecular weight is 374 g/mol. The van der Waals surface area contributed by atoms with Gasteiger partial charge in [-0.1, -0.05) is 48.5 Å². The number of nitrogens with one attached hydrogen (secondary N) is 2. The molecule has 0 aliphatic heterocycles. The highest BCUT2D eigenvalue weighted by Crippen LogP contribution is 2.23. The molecule has 8 heteroatoms. The number of para-hydroxylation sites is 1. The summed E-state index contributed by atoms with van der Waals surface area (Å²) in [5, 5.41) is 8.81. The minimum absolute atomic E-state index is 0.0424. The zero-order chi connectivity index (χ0) is 19.3. The smallest absolute Gasteiger partial charge is 0.334 e. The first-order chi connectivity index (χ1) is 12.9. The summed E-state index contributed by atoms with van der Waals surface area (Å²) in [6, 6.07) is 17.9. The average Bonchev–Trinajstić information content (AvgIpc) is 3.10. The van der Waals surface area contributed by atoms with Crippen molar-refractivity contribution in [3.05, 3.63) is 72.4 Å². The van der Waals surface area contributed by atoms with Gasteiger partial charge in [0.05, 0.1) is 11.4 Å². The molecule has 1 aromatic heterocycles. The van der Waals surface area contributed by atoms with Gasteiger partial charge in [0.1, 0.15) is 6.54 Å². The molecule has 0 unspecified atom stereocenters. The van der Waals surface area contributed by atoms with Crippen LogP contribution in [0.15, 0.2) is 66.9 Å². The molecule has 2 N–H and O–H groups in total. The molecule has 3 aromatic rings. The summed E-state index contributed by atoms with van der Waals surface area (Å²) in [6.07, 6.45) is -2.70. The Morgan fingerprint density at radius 1 is 0.963 bits per heavy atom. The van der Waals surface area contributed by atoms with E-state index in [0.717, 1.165) is 11.3 Å². The lowest BCUT2D eigenvalue weighted by atomic mass is 10.1. The van der Waals surface area contributed by atoms with Crippen LogP contribution in [0, 0.1) is 0 Å². The third-order valence-corrected chi connectivity index (χ3v) is 3.75. The van der Waals surface area contributed by atoms with Gasteiger partial charge in [0.2, 0.25) is 0 Å². The number of carbonyl (C=O) groups is 1. The van der Waals surface area contributed by atoms with Crippen molar-refractivity contribution in [1.82, 2.24) is 20.4 Å². The number of rotatable bonds is 5. The van der Waals surface area contributed by atoms with Crippen LogP contribution in [0.3, 0.4) is 0 Å². The second kappa shape index (κ2) is 7.94. The lowest BCUT2D eigenvalue weighted by Crippen LogP contribution is -2.40. The molecule has 0 aliphatic rings. The van der Waals surface area contributed by atoms with E-state index >= 15 is 0 Å². The van der Waals surface area contributed by atoms with Crippen LogP contribution < -0.4 is 10.6 Å². The molecule has 0 bridgehead atoms. The Hall–Kier alpha value is -3.29. The van der Waals surface area contributed by atoms with E-state index in [1.54, 1.807) is 16.2 Å². The maximum Gasteiger partial charge on any atom is 0.405 e. The summed E-state index contributed by atoms with van der Waals surface area (Å²) < 4.78 is 38.3. The zero-order valence-corrected chi connectivity index (χ0v) is 14.2. The van der Waals surface area contributed by atoms with E-state index in [0.29, 0.717) is 11.3 Å². The standard InChI is InChI=1S/C19H17F3N4O/c20-19(21,22)13-24-18(27)23-11-15-12-26(16-9-5-2-6-10-16)25-17(15)14-7-3-1-4-8-14/h1-10,12H,11,13H2,(H2,23,24,27). The molecular formula is C19H17F3N4O. The minimum atomic E-state index is -4.45. The summed E-state index contributed by atoms with van der Waals surface area (Å²) in [6.45, 7) is -1.34. The van der Waals surface area contributed by atoms with E-state index in [1.165, 1.54) is 0 Å². The third-order valence-electron chi connectivity index (χ3n) is 3.75. The number of alkyl halides is 3. The Bertz CT molecular complexity index is 892. The molecule has 2 amide bonds. The number of hydrogen-bond acceptors (Lipinski definition) is 2.